The third-order valence-corrected chi connectivity index (χ3v) is 3.22. The Balaban J connectivity index is 2.26. The molecule has 17 heavy (non-hydrogen) atoms. The summed E-state index contributed by atoms with van der Waals surface area (Å²) in [5.74, 6) is 0.0868. The monoisotopic (exact) mass is 234 g/mol. The summed E-state index contributed by atoms with van der Waals surface area (Å²) in [5, 5.41) is 13.3. The first-order valence-corrected chi connectivity index (χ1v) is 5.94. The van der Waals surface area contributed by atoms with Crippen molar-refractivity contribution in [1.29, 1.82) is 0 Å². The van der Waals surface area contributed by atoms with Gasteiger partial charge in [-0.2, -0.15) is 0 Å². The predicted octanol–water partition coefficient (Wildman–Crippen LogP) is 1.41. The van der Waals surface area contributed by atoms with Gasteiger partial charge >= 0.3 is 0 Å². The number of nitrogens with zero attached hydrogens (tertiary/aromatic N) is 2. The lowest BCUT2D eigenvalue weighted by Crippen LogP contribution is -2.48. The largest absolute Gasteiger partial charge is 0.392 e. The van der Waals surface area contributed by atoms with Crippen LogP contribution in [-0.2, 0) is 4.79 Å². The van der Waals surface area contributed by atoms with E-state index in [0.717, 1.165) is 5.69 Å². The number of anilines is 1. The maximum absolute atomic E-state index is 11.9. The number of carbonyl (C=O) groups excluding carboxylic acids is 1. The smallest absolute Gasteiger partial charge is 0.242 e. The van der Waals surface area contributed by atoms with Crippen LogP contribution in [0.5, 0.6) is 0 Å². The van der Waals surface area contributed by atoms with Crippen LogP contribution in [0, 0.1) is 0 Å². The van der Waals surface area contributed by atoms with Gasteiger partial charge in [0.15, 0.2) is 0 Å². The summed E-state index contributed by atoms with van der Waals surface area (Å²) >= 11 is 0. The van der Waals surface area contributed by atoms with Gasteiger partial charge in [-0.3, -0.25) is 4.79 Å². The Labute approximate surface area is 101 Å². The molecule has 2 rings (SSSR count). The molecule has 1 N–H and O–H groups in total. The molecule has 1 aliphatic heterocycles. The Morgan fingerprint density at radius 2 is 1.88 bits per heavy atom. The predicted molar refractivity (Wildman–Crippen MR) is 66.4 cm³/mol. The molecule has 92 valence electrons. The molecule has 4 nitrogen and oxygen atoms in total. The first-order chi connectivity index (χ1) is 8.11. The van der Waals surface area contributed by atoms with Crippen molar-refractivity contribution in [3.63, 3.8) is 0 Å². The van der Waals surface area contributed by atoms with Gasteiger partial charge in [0.05, 0.1) is 17.8 Å². The highest BCUT2D eigenvalue weighted by Gasteiger charge is 2.34. The molecule has 1 fully saturated rings. The number of aliphatic hydroxyl groups is 1. The first kappa shape index (κ1) is 12.1. The summed E-state index contributed by atoms with van der Waals surface area (Å²) in [6, 6.07) is 9.49. The van der Waals surface area contributed by atoms with Crippen LogP contribution < -0.4 is 5.01 Å². The van der Waals surface area contributed by atoms with Crippen molar-refractivity contribution < 1.29 is 9.90 Å². The van der Waals surface area contributed by atoms with E-state index in [1.807, 2.05) is 42.3 Å². The van der Waals surface area contributed by atoms with E-state index < -0.39 is 6.10 Å². The number of hydrogen-bond donors (Lipinski definition) is 1. The number of benzene rings is 1. The van der Waals surface area contributed by atoms with Crippen LogP contribution in [0.15, 0.2) is 30.3 Å². The number of rotatable bonds is 3. The van der Waals surface area contributed by atoms with Crippen molar-refractivity contribution in [2.45, 2.75) is 32.4 Å². The summed E-state index contributed by atoms with van der Waals surface area (Å²) in [5.41, 5.74) is 0.863. The molecule has 0 spiro atoms. The second-order valence-electron chi connectivity index (χ2n) is 4.44. The normalized spacial score (nSPS) is 20.6. The lowest BCUT2D eigenvalue weighted by molar-refractivity contribution is -0.118. The first-order valence-electron chi connectivity index (χ1n) is 5.94. The van der Waals surface area contributed by atoms with Gasteiger partial charge in [-0.25, -0.2) is 10.0 Å². The maximum Gasteiger partial charge on any atom is 0.242 e. The Hall–Kier alpha value is -1.39. The van der Waals surface area contributed by atoms with Gasteiger partial charge in [0.25, 0.3) is 0 Å². The van der Waals surface area contributed by atoms with Crippen molar-refractivity contribution in [3.05, 3.63) is 30.3 Å². The van der Waals surface area contributed by atoms with E-state index in [1.165, 1.54) is 0 Å². The fraction of sp³-hybridized carbons (Fsp3) is 0.462. The highest BCUT2D eigenvalue weighted by Crippen LogP contribution is 2.25. The Bertz CT molecular complexity index is 392. The molecule has 0 bridgehead atoms. The lowest BCUT2D eigenvalue weighted by Gasteiger charge is -2.34. The van der Waals surface area contributed by atoms with Crippen molar-refractivity contribution in [2.75, 3.05) is 11.6 Å². The fourth-order valence-corrected chi connectivity index (χ4v) is 2.06. The maximum atomic E-state index is 11.9. The number of hydrazine groups is 1. The van der Waals surface area contributed by atoms with E-state index in [9.17, 15) is 9.90 Å². The highest BCUT2D eigenvalue weighted by molar-refractivity contribution is 5.94. The van der Waals surface area contributed by atoms with Gasteiger partial charge in [-0.1, -0.05) is 18.2 Å². The minimum atomic E-state index is -0.466. The molecule has 1 aromatic carbocycles. The van der Waals surface area contributed by atoms with E-state index in [2.05, 4.69) is 0 Å². The van der Waals surface area contributed by atoms with Crippen LogP contribution in [0.1, 0.15) is 20.3 Å². The number of aliphatic hydroxyl groups excluding tert-OH is 1. The molecule has 0 radical (unpaired) electrons. The van der Waals surface area contributed by atoms with Gasteiger partial charge in [-0.15, -0.1) is 0 Å². The molecular weight excluding hydrogens is 216 g/mol. The zero-order valence-corrected chi connectivity index (χ0v) is 10.2. The molecule has 1 aliphatic rings. The van der Waals surface area contributed by atoms with Gasteiger partial charge in [0.2, 0.25) is 5.91 Å². The van der Waals surface area contributed by atoms with Crippen LogP contribution in [0.25, 0.3) is 0 Å². The molecule has 1 aromatic rings. The average molecular weight is 234 g/mol. The standard InChI is InChI=1S/C13H18N2O2/c1-10(11(2)16)14-9-8-13(17)15(14)12-6-4-3-5-7-12/h3-7,10-11,16H,8-9H2,1-2H3. The number of hydrogen-bond acceptors (Lipinski definition) is 3. The molecular formula is C13H18N2O2. The van der Waals surface area contributed by atoms with Crippen LogP contribution in [0.2, 0.25) is 0 Å². The number of para-hydroxylation sites is 1. The minimum absolute atomic E-state index is 0.0679. The van der Waals surface area contributed by atoms with Gasteiger partial charge in [0.1, 0.15) is 0 Å². The molecule has 2 atom stereocenters. The van der Waals surface area contributed by atoms with Crippen molar-refractivity contribution in [1.82, 2.24) is 5.01 Å². The number of amides is 1. The van der Waals surface area contributed by atoms with Crippen LogP contribution in [0.3, 0.4) is 0 Å². The van der Waals surface area contributed by atoms with E-state index in [-0.39, 0.29) is 11.9 Å². The average Bonchev–Trinajstić information content (AvgIpc) is 2.71. The van der Waals surface area contributed by atoms with Crippen LogP contribution in [-0.4, -0.2) is 34.7 Å². The fourth-order valence-electron chi connectivity index (χ4n) is 2.06. The molecule has 1 saturated heterocycles. The molecule has 0 aromatic heterocycles. The quantitative estimate of drug-likeness (QED) is 0.860. The topological polar surface area (TPSA) is 43.8 Å². The Kier molecular flexibility index (Phi) is 3.45. The second-order valence-corrected chi connectivity index (χ2v) is 4.44. The zero-order valence-electron chi connectivity index (χ0n) is 10.2. The van der Waals surface area contributed by atoms with E-state index in [1.54, 1.807) is 11.9 Å². The molecule has 2 unspecified atom stereocenters. The SMILES string of the molecule is CC(O)C(C)N1CCC(=O)N1c1ccccc1. The Morgan fingerprint density at radius 1 is 1.24 bits per heavy atom. The third-order valence-electron chi connectivity index (χ3n) is 3.22. The second kappa shape index (κ2) is 4.85. The molecule has 1 amide bonds. The summed E-state index contributed by atoms with van der Waals surface area (Å²) in [7, 11) is 0. The van der Waals surface area contributed by atoms with Crippen molar-refractivity contribution in [3.8, 4) is 0 Å². The van der Waals surface area contributed by atoms with Crippen molar-refractivity contribution in [2.24, 2.45) is 0 Å². The summed E-state index contributed by atoms with van der Waals surface area (Å²) in [6.45, 7) is 4.34. The third kappa shape index (κ3) is 2.33. The molecule has 4 heteroatoms. The Morgan fingerprint density at radius 3 is 2.47 bits per heavy atom. The van der Waals surface area contributed by atoms with E-state index in [0.29, 0.717) is 13.0 Å². The van der Waals surface area contributed by atoms with Gasteiger partial charge in [-0.05, 0) is 26.0 Å². The van der Waals surface area contributed by atoms with Gasteiger partial charge in [0, 0.05) is 13.0 Å². The summed E-state index contributed by atoms with van der Waals surface area (Å²) < 4.78 is 0. The lowest BCUT2D eigenvalue weighted by atomic mass is 10.2. The minimum Gasteiger partial charge on any atom is -0.392 e. The highest BCUT2D eigenvalue weighted by atomic mass is 16.3. The van der Waals surface area contributed by atoms with E-state index in [4.69, 9.17) is 0 Å². The molecule has 1 heterocycles. The van der Waals surface area contributed by atoms with E-state index >= 15 is 0 Å². The summed E-state index contributed by atoms with van der Waals surface area (Å²) in [4.78, 5) is 11.9. The zero-order chi connectivity index (χ0) is 12.4. The summed E-state index contributed by atoms with van der Waals surface area (Å²) in [6.07, 6.45) is 0.0403. The van der Waals surface area contributed by atoms with Gasteiger partial charge < -0.3 is 5.11 Å². The molecule has 0 aliphatic carbocycles. The van der Waals surface area contributed by atoms with Crippen LogP contribution in [0.4, 0.5) is 5.69 Å². The molecule has 0 saturated carbocycles. The van der Waals surface area contributed by atoms with Crippen LogP contribution >= 0.6 is 0 Å². The van der Waals surface area contributed by atoms with Crippen molar-refractivity contribution >= 4 is 11.6 Å². The number of carbonyl (C=O) groups is 1.